The number of rotatable bonds is 13. The molecule has 2 unspecified atom stereocenters. The van der Waals surface area contributed by atoms with Gasteiger partial charge in [0.1, 0.15) is 5.75 Å². The molecule has 4 N–H and O–H groups in total. The van der Waals surface area contributed by atoms with Gasteiger partial charge in [-0.25, -0.2) is 8.78 Å². The van der Waals surface area contributed by atoms with Crippen molar-refractivity contribution in [1.82, 2.24) is 15.5 Å². The molecule has 42 heavy (non-hydrogen) atoms. The van der Waals surface area contributed by atoms with Gasteiger partial charge in [-0.1, -0.05) is 70.9 Å². The Balaban J connectivity index is 0.00000206. The number of amides is 3. The van der Waals surface area contributed by atoms with Crippen LogP contribution >= 0.6 is 0 Å². The Morgan fingerprint density at radius 2 is 1.62 bits per heavy atom. The maximum absolute atomic E-state index is 14.0. The fourth-order valence-electron chi connectivity index (χ4n) is 3.88. The number of phenolic OH excluding ortho intramolecular Hbond substituents is 1. The Labute approximate surface area is 248 Å². The van der Waals surface area contributed by atoms with Crippen molar-refractivity contribution in [2.45, 2.75) is 85.8 Å². The van der Waals surface area contributed by atoms with E-state index in [-0.39, 0.29) is 23.7 Å². The van der Waals surface area contributed by atoms with E-state index < -0.39 is 48.9 Å². The number of nitrogens with zero attached hydrogens (tertiary/aromatic N) is 1. The second kappa shape index (κ2) is 17.4. The van der Waals surface area contributed by atoms with Crippen molar-refractivity contribution in [2.24, 2.45) is 5.92 Å². The Morgan fingerprint density at radius 1 is 1.02 bits per heavy atom. The quantitative estimate of drug-likeness (QED) is 0.268. The van der Waals surface area contributed by atoms with E-state index in [1.165, 1.54) is 18.9 Å². The van der Waals surface area contributed by atoms with Gasteiger partial charge in [0, 0.05) is 24.6 Å². The van der Waals surface area contributed by atoms with Crippen molar-refractivity contribution >= 4 is 17.7 Å². The zero-order valence-corrected chi connectivity index (χ0v) is 25.8. The molecule has 0 saturated carbocycles. The zero-order valence-electron chi connectivity index (χ0n) is 25.8. The number of aliphatic hydroxyl groups excluding tert-OH is 1. The molecule has 10 heteroatoms. The van der Waals surface area contributed by atoms with Gasteiger partial charge in [0.2, 0.25) is 5.91 Å². The van der Waals surface area contributed by atoms with E-state index >= 15 is 0 Å². The molecule has 2 aromatic rings. The largest absolute Gasteiger partial charge is 0.508 e. The minimum Gasteiger partial charge on any atom is -0.508 e. The van der Waals surface area contributed by atoms with Crippen molar-refractivity contribution in [3.05, 3.63) is 64.7 Å². The number of hydrogen-bond donors (Lipinski definition) is 4. The molecule has 0 bridgehead atoms. The molecule has 0 fully saturated rings. The number of carbonyl (C=O) groups is 3. The second-order valence-corrected chi connectivity index (χ2v) is 11.1. The highest BCUT2D eigenvalue weighted by Crippen LogP contribution is 2.23. The van der Waals surface area contributed by atoms with E-state index in [9.17, 15) is 33.4 Å². The van der Waals surface area contributed by atoms with Gasteiger partial charge >= 0.3 is 0 Å². The summed E-state index contributed by atoms with van der Waals surface area (Å²) in [5.74, 6) is -5.72. The molecular weight excluding hydrogens is 544 g/mol. The molecule has 2 rings (SSSR count). The third-order valence-corrected chi connectivity index (χ3v) is 6.34. The SMILES string of the molecule is CCCC.Cc1cc(O)c(C)c(C(=O)NC(Cc2ccccc2)C(O)C(=O)N(CC(=O)NCC(C)C)CC(C)(F)F)c1. The van der Waals surface area contributed by atoms with E-state index in [0.717, 1.165) is 0 Å². The summed E-state index contributed by atoms with van der Waals surface area (Å²) in [5, 5.41) is 26.4. The maximum Gasteiger partial charge on any atom is 0.262 e. The van der Waals surface area contributed by atoms with Crippen molar-refractivity contribution in [3.8, 4) is 5.75 Å². The van der Waals surface area contributed by atoms with Crippen molar-refractivity contribution in [3.63, 3.8) is 0 Å². The number of aromatic hydroxyl groups is 1. The molecule has 2 aromatic carbocycles. The number of nitrogens with one attached hydrogen (secondary N) is 2. The summed E-state index contributed by atoms with van der Waals surface area (Å²) < 4.78 is 27.9. The summed E-state index contributed by atoms with van der Waals surface area (Å²) >= 11 is 0. The maximum atomic E-state index is 14.0. The van der Waals surface area contributed by atoms with E-state index in [1.807, 2.05) is 13.8 Å². The van der Waals surface area contributed by atoms with Crippen molar-refractivity contribution < 1.29 is 33.4 Å². The Hall–Kier alpha value is -3.53. The molecule has 0 aromatic heterocycles. The lowest BCUT2D eigenvalue weighted by molar-refractivity contribution is -0.149. The van der Waals surface area contributed by atoms with Gasteiger partial charge in [-0.3, -0.25) is 14.4 Å². The summed E-state index contributed by atoms with van der Waals surface area (Å²) in [6.07, 6.45) is 0.713. The molecule has 0 aliphatic heterocycles. The Morgan fingerprint density at radius 3 is 2.14 bits per heavy atom. The van der Waals surface area contributed by atoms with Crippen LogP contribution < -0.4 is 10.6 Å². The van der Waals surface area contributed by atoms with Gasteiger partial charge in [0.05, 0.1) is 19.1 Å². The molecule has 0 aliphatic carbocycles. The number of hydrogen-bond acceptors (Lipinski definition) is 5. The van der Waals surface area contributed by atoms with Crippen LogP contribution in [0.5, 0.6) is 5.75 Å². The molecule has 0 spiro atoms. The lowest BCUT2D eigenvalue weighted by atomic mass is 9.98. The average molecular weight is 592 g/mol. The summed E-state index contributed by atoms with van der Waals surface area (Å²) in [6.45, 7) is 10.5. The third kappa shape index (κ3) is 13.0. The Bertz CT molecular complexity index is 1150. The first kappa shape index (κ1) is 36.5. The first-order valence-electron chi connectivity index (χ1n) is 14.4. The van der Waals surface area contributed by atoms with Gasteiger partial charge < -0.3 is 25.7 Å². The molecule has 0 aliphatic rings. The standard InChI is InChI=1S/C28H37F2N3O5.C4H10/c1-17(2)14-31-24(35)15-33(16-28(5,29)30)27(38)25(36)22(13-20-9-7-6-8-10-20)32-26(37)21-11-18(3)12-23(34)19(21)4;1-3-4-2/h6-12,17,22,25,34,36H,13-16H2,1-5H3,(H,31,35)(H,32,37);3-4H2,1-2H3. The fraction of sp³-hybridized carbons (Fsp3) is 0.531. The zero-order chi connectivity index (χ0) is 32.0. The topological polar surface area (TPSA) is 119 Å². The van der Waals surface area contributed by atoms with E-state index in [0.29, 0.717) is 35.1 Å². The van der Waals surface area contributed by atoms with Crippen LogP contribution in [-0.2, 0) is 16.0 Å². The van der Waals surface area contributed by atoms with Gasteiger partial charge in [0.15, 0.2) is 6.10 Å². The number of unbranched alkanes of at least 4 members (excludes halogenated alkanes) is 1. The molecular formula is C32H47F2N3O5. The summed E-state index contributed by atoms with van der Waals surface area (Å²) in [5.41, 5.74) is 1.75. The second-order valence-electron chi connectivity index (χ2n) is 11.1. The van der Waals surface area contributed by atoms with Crippen LogP contribution in [0.2, 0.25) is 0 Å². The van der Waals surface area contributed by atoms with Gasteiger partial charge in [-0.05, 0) is 49.4 Å². The van der Waals surface area contributed by atoms with Gasteiger partial charge in [-0.2, -0.15) is 0 Å². The highest BCUT2D eigenvalue weighted by Gasteiger charge is 2.36. The van der Waals surface area contributed by atoms with Crippen LogP contribution in [0.15, 0.2) is 42.5 Å². The first-order valence-corrected chi connectivity index (χ1v) is 14.4. The molecule has 3 amide bonds. The molecule has 0 saturated heterocycles. The summed E-state index contributed by atoms with van der Waals surface area (Å²) in [4.78, 5) is 39.4. The first-order chi connectivity index (χ1) is 19.6. The number of alkyl halides is 2. The third-order valence-electron chi connectivity index (χ3n) is 6.34. The van der Waals surface area contributed by atoms with Crippen LogP contribution in [0, 0.1) is 19.8 Å². The summed E-state index contributed by atoms with van der Waals surface area (Å²) in [7, 11) is 0. The normalized spacial score (nSPS) is 12.5. The number of benzene rings is 2. The van der Waals surface area contributed by atoms with Gasteiger partial charge in [0.25, 0.3) is 17.7 Å². The average Bonchev–Trinajstić information content (AvgIpc) is 2.92. The highest BCUT2D eigenvalue weighted by atomic mass is 19.3. The minimum atomic E-state index is -3.33. The molecule has 234 valence electrons. The minimum absolute atomic E-state index is 0.00619. The van der Waals surface area contributed by atoms with E-state index in [4.69, 9.17) is 0 Å². The highest BCUT2D eigenvalue weighted by molar-refractivity contribution is 5.97. The van der Waals surface area contributed by atoms with Crippen LogP contribution in [0.4, 0.5) is 8.78 Å². The predicted octanol–water partition coefficient (Wildman–Crippen LogP) is 4.77. The molecule has 0 heterocycles. The fourth-order valence-corrected chi connectivity index (χ4v) is 3.88. The van der Waals surface area contributed by atoms with Crippen LogP contribution in [0.25, 0.3) is 0 Å². The number of carbonyl (C=O) groups excluding carboxylic acids is 3. The molecule has 0 radical (unpaired) electrons. The number of aliphatic hydroxyl groups is 1. The number of phenols is 1. The smallest absolute Gasteiger partial charge is 0.262 e. The number of aryl methyl sites for hydroxylation is 1. The van der Waals surface area contributed by atoms with Crippen molar-refractivity contribution in [1.29, 1.82) is 0 Å². The van der Waals surface area contributed by atoms with Crippen LogP contribution in [0.3, 0.4) is 0 Å². The Kier molecular flexibility index (Phi) is 15.1. The van der Waals surface area contributed by atoms with Crippen LogP contribution in [-0.4, -0.2) is 70.5 Å². The van der Waals surface area contributed by atoms with Crippen LogP contribution in [0.1, 0.15) is 74.5 Å². The molecule has 8 nitrogen and oxygen atoms in total. The van der Waals surface area contributed by atoms with E-state index in [2.05, 4.69) is 24.5 Å². The lowest BCUT2D eigenvalue weighted by Crippen LogP contribution is -2.56. The molecule has 2 atom stereocenters. The van der Waals surface area contributed by atoms with E-state index in [1.54, 1.807) is 50.2 Å². The van der Waals surface area contributed by atoms with Crippen molar-refractivity contribution in [2.75, 3.05) is 19.6 Å². The predicted molar refractivity (Wildman–Crippen MR) is 161 cm³/mol. The lowest BCUT2D eigenvalue weighted by Gasteiger charge is -2.31. The number of halogens is 2. The van der Waals surface area contributed by atoms with Gasteiger partial charge in [-0.15, -0.1) is 0 Å². The monoisotopic (exact) mass is 591 g/mol. The summed E-state index contributed by atoms with van der Waals surface area (Å²) in [6, 6.07) is 10.6.